The second-order valence-corrected chi connectivity index (χ2v) is 6.01. The molecule has 190 valence electrons. The second kappa shape index (κ2) is 22.1. The van der Waals surface area contributed by atoms with Crippen molar-refractivity contribution >= 4 is 19.3 Å². The molecule has 0 bridgehead atoms. The second-order valence-electron chi connectivity index (χ2n) is 4.77. The summed E-state index contributed by atoms with van der Waals surface area (Å²) in [6, 6.07) is 8.93. The lowest BCUT2D eigenvalue weighted by atomic mass is 10.1. The average molecular weight is 478 g/mol. The molecule has 9 heteroatoms. The Kier molecular flexibility index (Phi) is 30.2. The first-order valence-corrected chi connectivity index (χ1v) is 10.2. The minimum Gasteiger partial charge on any atom is -0.506 e. The van der Waals surface area contributed by atoms with Crippen LogP contribution in [0.1, 0.15) is 81.6 Å². The zero-order chi connectivity index (χ0) is 21.0. The summed E-state index contributed by atoms with van der Waals surface area (Å²) in [7, 11) is -4.66. The number of aromatic nitrogens is 1. The van der Waals surface area contributed by atoms with Crippen LogP contribution in [-0.2, 0) is 15.7 Å². The maximum absolute atomic E-state index is 10.9. The molecule has 1 heterocycles. The molecular formula is C23H48N3O5P. The lowest BCUT2D eigenvalue weighted by Gasteiger charge is -2.12. The molecule has 0 aliphatic carbocycles. The summed E-state index contributed by atoms with van der Waals surface area (Å²) in [5.41, 5.74) is 1.58. The van der Waals surface area contributed by atoms with Crippen LogP contribution in [0.2, 0.25) is 0 Å². The summed E-state index contributed by atoms with van der Waals surface area (Å²) in [6.07, 6.45) is 0. The summed E-state index contributed by atoms with van der Waals surface area (Å²) in [5, 5.41) is 18.0. The van der Waals surface area contributed by atoms with E-state index in [2.05, 4.69) is 19.7 Å². The van der Waals surface area contributed by atoms with Gasteiger partial charge in [0.1, 0.15) is 5.75 Å². The van der Waals surface area contributed by atoms with Crippen LogP contribution in [0.4, 0.5) is 11.5 Å². The summed E-state index contributed by atoms with van der Waals surface area (Å²) in [5.74, 6) is 0.0584. The maximum Gasteiger partial charge on any atom is 0.469 e. The van der Waals surface area contributed by atoms with Crippen molar-refractivity contribution in [2.45, 2.75) is 85.3 Å². The summed E-state index contributed by atoms with van der Waals surface area (Å²) in [6.45, 7) is 10.7. The van der Waals surface area contributed by atoms with Crippen molar-refractivity contribution in [3.8, 4) is 5.75 Å². The molecule has 32 heavy (non-hydrogen) atoms. The normalized spacial score (nSPS) is 9.00. The fourth-order valence-corrected chi connectivity index (χ4v) is 2.16. The fraction of sp³-hybridized carbons (Fsp3) is 0.522. The van der Waals surface area contributed by atoms with Crippen molar-refractivity contribution in [2.75, 3.05) is 0 Å². The molecule has 0 aliphatic heterocycles. The van der Waals surface area contributed by atoms with Gasteiger partial charge in [0.05, 0.1) is 18.0 Å². The number of pyridine rings is 1. The Balaban J connectivity index is -0.000000178. The van der Waals surface area contributed by atoms with Crippen molar-refractivity contribution in [2.24, 2.45) is 10.2 Å². The van der Waals surface area contributed by atoms with Gasteiger partial charge in [-0.2, -0.15) is 0 Å². The fourth-order valence-electron chi connectivity index (χ4n) is 1.87. The number of aromatic hydroxyl groups is 1. The van der Waals surface area contributed by atoms with E-state index < -0.39 is 14.4 Å². The van der Waals surface area contributed by atoms with Gasteiger partial charge >= 0.3 is 7.82 Å². The van der Waals surface area contributed by atoms with Crippen LogP contribution in [0.5, 0.6) is 5.75 Å². The zero-order valence-electron chi connectivity index (χ0n) is 16.5. The molecule has 1 aromatic carbocycles. The standard InChI is InChI=1S/C14H16N3O5P.2C2H6.5CH4/c1-9-12(8-22-23(19,20)21)14(15-10(2)13(9)18)17-16-11-6-4-3-5-7-11;2*1-2;;;;;/h3-7,18H,8H2,1-2H3,(H2,19,20,21);2*1-2H3;5*1H4. The van der Waals surface area contributed by atoms with Crippen molar-refractivity contribution in [3.63, 3.8) is 0 Å². The molecule has 0 unspecified atom stereocenters. The molecule has 0 fully saturated rings. The van der Waals surface area contributed by atoms with Crippen molar-refractivity contribution in [3.05, 3.63) is 47.2 Å². The predicted molar refractivity (Wildman–Crippen MR) is 139 cm³/mol. The van der Waals surface area contributed by atoms with Gasteiger partial charge in [0.2, 0.25) is 0 Å². The maximum atomic E-state index is 10.9. The molecule has 0 amide bonds. The van der Waals surface area contributed by atoms with Crippen LogP contribution < -0.4 is 0 Å². The number of aryl methyl sites for hydroxylation is 1. The highest BCUT2D eigenvalue weighted by molar-refractivity contribution is 7.46. The number of hydrogen-bond acceptors (Lipinski definition) is 6. The molecular weight excluding hydrogens is 429 g/mol. The highest BCUT2D eigenvalue weighted by Crippen LogP contribution is 2.40. The molecule has 0 saturated heterocycles. The molecule has 3 N–H and O–H groups in total. The Hall–Kier alpha value is -2.12. The number of rotatable bonds is 5. The molecule has 0 radical (unpaired) electrons. The minimum atomic E-state index is -4.66. The SMILES string of the molecule is C.C.C.C.C.CC.CC.Cc1nc(N=Nc2ccccc2)c(COP(=O)(O)O)c(C)c1O. The number of benzene rings is 1. The van der Waals surface area contributed by atoms with Gasteiger partial charge in [-0.1, -0.05) is 83.0 Å². The van der Waals surface area contributed by atoms with Crippen LogP contribution >= 0.6 is 7.82 Å². The molecule has 0 spiro atoms. The van der Waals surface area contributed by atoms with Crippen LogP contribution in [0.3, 0.4) is 0 Å². The Morgan fingerprint density at radius 2 is 1.38 bits per heavy atom. The molecule has 0 saturated carbocycles. The van der Waals surface area contributed by atoms with E-state index in [1.165, 1.54) is 0 Å². The highest BCUT2D eigenvalue weighted by Gasteiger charge is 2.20. The molecule has 0 aliphatic rings. The average Bonchev–Trinajstić information content (AvgIpc) is 2.67. The quantitative estimate of drug-likeness (QED) is 0.292. The van der Waals surface area contributed by atoms with E-state index in [-0.39, 0.29) is 54.3 Å². The van der Waals surface area contributed by atoms with Gasteiger partial charge in [-0.05, 0) is 26.0 Å². The van der Waals surface area contributed by atoms with Gasteiger partial charge in [0, 0.05) is 11.1 Å². The zero-order valence-corrected chi connectivity index (χ0v) is 17.4. The molecule has 0 atom stereocenters. The summed E-state index contributed by atoms with van der Waals surface area (Å²) in [4.78, 5) is 21.8. The Morgan fingerprint density at radius 3 is 1.81 bits per heavy atom. The number of nitrogens with zero attached hydrogens (tertiary/aromatic N) is 3. The molecule has 2 rings (SSSR count). The van der Waals surface area contributed by atoms with E-state index in [1.807, 2.05) is 33.8 Å². The predicted octanol–water partition coefficient (Wildman–Crippen LogP) is 8.66. The first-order chi connectivity index (χ1) is 12.8. The highest BCUT2D eigenvalue weighted by atomic mass is 31.2. The Labute approximate surface area is 197 Å². The first kappa shape index (κ1) is 43.7. The smallest absolute Gasteiger partial charge is 0.469 e. The van der Waals surface area contributed by atoms with Gasteiger partial charge in [0.15, 0.2) is 5.82 Å². The third-order valence-corrected chi connectivity index (χ3v) is 3.55. The minimum absolute atomic E-state index is 0. The van der Waals surface area contributed by atoms with E-state index in [4.69, 9.17) is 9.79 Å². The van der Waals surface area contributed by atoms with Gasteiger partial charge in [-0.15, -0.1) is 10.2 Å². The first-order valence-electron chi connectivity index (χ1n) is 8.64. The topological polar surface area (TPSA) is 125 Å². The Morgan fingerprint density at radius 1 is 0.906 bits per heavy atom. The van der Waals surface area contributed by atoms with Gasteiger partial charge < -0.3 is 14.9 Å². The number of phosphoric ester groups is 1. The van der Waals surface area contributed by atoms with Crippen LogP contribution in [0.25, 0.3) is 0 Å². The van der Waals surface area contributed by atoms with Gasteiger partial charge in [0.25, 0.3) is 0 Å². The number of phosphoric acid groups is 1. The number of hydrogen-bond donors (Lipinski definition) is 3. The van der Waals surface area contributed by atoms with E-state index >= 15 is 0 Å². The molecule has 8 nitrogen and oxygen atoms in total. The van der Waals surface area contributed by atoms with Crippen LogP contribution in [0.15, 0.2) is 40.6 Å². The Bertz CT molecular complexity index is 779. The van der Waals surface area contributed by atoms with Crippen molar-refractivity contribution in [1.82, 2.24) is 4.98 Å². The monoisotopic (exact) mass is 477 g/mol. The van der Waals surface area contributed by atoms with Gasteiger partial charge in [-0.25, -0.2) is 9.55 Å². The van der Waals surface area contributed by atoms with E-state index in [1.54, 1.807) is 38.1 Å². The molecule has 1 aromatic heterocycles. The summed E-state index contributed by atoms with van der Waals surface area (Å²) < 4.78 is 15.4. The van der Waals surface area contributed by atoms with Crippen molar-refractivity contribution in [1.29, 1.82) is 0 Å². The summed E-state index contributed by atoms with van der Waals surface area (Å²) >= 11 is 0. The van der Waals surface area contributed by atoms with E-state index in [9.17, 15) is 9.67 Å². The lowest BCUT2D eigenvalue weighted by Crippen LogP contribution is -1.99. The molecule has 2 aromatic rings. The van der Waals surface area contributed by atoms with Crippen LogP contribution in [0, 0.1) is 13.8 Å². The van der Waals surface area contributed by atoms with E-state index in [0.29, 0.717) is 16.9 Å². The largest absolute Gasteiger partial charge is 0.506 e. The lowest BCUT2D eigenvalue weighted by molar-refractivity contribution is 0.188. The van der Waals surface area contributed by atoms with Crippen molar-refractivity contribution < 1.29 is 24.0 Å². The van der Waals surface area contributed by atoms with E-state index in [0.717, 1.165) is 0 Å². The number of azo groups is 1. The van der Waals surface area contributed by atoms with Gasteiger partial charge in [-0.3, -0.25) is 4.52 Å². The third kappa shape index (κ3) is 14.8. The van der Waals surface area contributed by atoms with Crippen LogP contribution in [-0.4, -0.2) is 19.9 Å². The third-order valence-electron chi connectivity index (χ3n) is 3.09.